The van der Waals surface area contributed by atoms with Gasteiger partial charge < -0.3 is 0 Å². The molecule has 1 aromatic carbocycles. The molecule has 0 spiro atoms. The standard InChI is InChI=1S/C11H8ClF4N3/c12-6-8-17-18-10(11(15,16)9(13)14)19(8)7-4-2-1-3-5-7/h1-5,9H,6H2. The van der Waals surface area contributed by atoms with Gasteiger partial charge in [-0.25, -0.2) is 8.78 Å². The summed E-state index contributed by atoms with van der Waals surface area (Å²) in [5.74, 6) is -5.76. The van der Waals surface area contributed by atoms with Crippen molar-refractivity contribution in [2.24, 2.45) is 0 Å². The van der Waals surface area contributed by atoms with E-state index in [-0.39, 0.29) is 17.4 Å². The zero-order valence-corrected chi connectivity index (χ0v) is 10.2. The highest BCUT2D eigenvalue weighted by molar-refractivity contribution is 6.16. The minimum absolute atomic E-state index is 0.0248. The lowest BCUT2D eigenvalue weighted by atomic mass is 10.2. The number of rotatable bonds is 4. The van der Waals surface area contributed by atoms with Gasteiger partial charge >= 0.3 is 12.3 Å². The van der Waals surface area contributed by atoms with Gasteiger partial charge in [0.15, 0.2) is 5.82 Å². The van der Waals surface area contributed by atoms with Crippen molar-refractivity contribution >= 4 is 11.6 Å². The van der Waals surface area contributed by atoms with Gasteiger partial charge in [-0.1, -0.05) is 18.2 Å². The maximum Gasteiger partial charge on any atom is 0.366 e. The lowest BCUT2D eigenvalue weighted by molar-refractivity contribution is -0.142. The smallest absolute Gasteiger partial charge is 0.277 e. The first kappa shape index (κ1) is 13.8. The van der Waals surface area contributed by atoms with Crippen LogP contribution in [0, 0.1) is 0 Å². The Morgan fingerprint density at radius 1 is 1.16 bits per heavy atom. The molecule has 1 aromatic heterocycles. The predicted molar refractivity (Wildman–Crippen MR) is 60.8 cm³/mol. The largest absolute Gasteiger partial charge is 0.366 e. The van der Waals surface area contributed by atoms with Crippen LogP contribution in [0.1, 0.15) is 11.6 Å². The van der Waals surface area contributed by atoms with E-state index >= 15 is 0 Å². The van der Waals surface area contributed by atoms with Crippen molar-refractivity contribution in [3.8, 4) is 5.69 Å². The molecule has 3 nitrogen and oxygen atoms in total. The zero-order chi connectivity index (χ0) is 14.0. The van der Waals surface area contributed by atoms with E-state index in [1.54, 1.807) is 18.2 Å². The molecule has 8 heteroatoms. The second-order valence-electron chi connectivity index (χ2n) is 3.67. The molecule has 0 unspecified atom stereocenters. The van der Waals surface area contributed by atoms with Crippen molar-refractivity contribution < 1.29 is 17.6 Å². The molecule has 2 aromatic rings. The van der Waals surface area contributed by atoms with Crippen LogP contribution in [-0.2, 0) is 11.8 Å². The van der Waals surface area contributed by atoms with Crippen LogP contribution >= 0.6 is 11.6 Å². The first-order valence-electron chi connectivity index (χ1n) is 5.20. The fraction of sp³-hybridized carbons (Fsp3) is 0.273. The summed E-state index contributed by atoms with van der Waals surface area (Å²) in [7, 11) is 0. The molecule has 1 heterocycles. The molecule has 0 aliphatic heterocycles. The first-order valence-corrected chi connectivity index (χ1v) is 5.74. The third kappa shape index (κ3) is 2.42. The average Bonchev–Trinajstić information content (AvgIpc) is 2.83. The van der Waals surface area contributed by atoms with E-state index in [0.717, 1.165) is 4.57 Å². The summed E-state index contributed by atoms with van der Waals surface area (Å²) >= 11 is 5.57. The second kappa shape index (κ2) is 5.16. The molecular formula is C11H8ClF4N3. The Bertz CT molecular complexity index is 556. The minimum Gasteiger partial charge on any atom is -0.277 e. The molecule has 0 aliphatic carbocycles. The Labute approximate surface area is 110 Å². The van der Waals surface area contributed by atoms with E-state index in [9.17, 15) is 17.6 Å². The normalized spacial score (nSPS) is 12.1. The molecule has 102 valence electrons. The van der Waals surface area contributed by atoms with Gasteiger partial charge in [-0.05, 0) is 12.1 Å². The molecule has 0 atom stereocenters. The fourth-order valence-corrected chi connectivity index (χ4v) is 1.74. The fourth-order valence-electron chi connectivity index (χ4n) is 1.56. The van der Waals surface area contributed by atoms with E-state index in [1.165, 1.54) is 12.1 Å². The molecule has 0 saturated heterocycles. The van der Waals surface area contributed by atoms with E-state index in [0.29, 0.717) is 0 Å². The Hall–Kier alpha value is -1.63. The van der Waals surface area contributed by atoms with Gasteiger partial charge in [0.25, 0.3) is 0 Å². The summed E-state index contributed by atoms with van der Waals surface area (Å²) in [6, 6.07) is 7.78. The highest BCUT2D eigenvalue weighted by Gasteiger charge is 2.48. The van der Waals surface area contributed by atoms with Crippen molar-refractivity contribution in [1.29, 1.82) is 0 Å². The number of hydrogen-bond donors (Lipinski definition) is 0. The van der Waals surface area contributed by atoms with Crippen LogP contribution in [0.5, 0.6) is 0 Å². The molecular weight excluding hydrogens is 286 g/mol. The van der Waals surface area contributed by atoms with Gasteiger partial charge in [0, 0.05) is 5.69 Å². The third-order valence-electron chi connectivity index (χ3n) is 2.44. The number of aromatic nitrogens is 3. The van der Waals surface area contributed by atoms with E-state index in [1.807, 2.05) is 0 Å². The summed E-state index contributed by atoms with van der Waals surface area (Å²) in [5, 5.41) is 6.58. The van der Waals surface area contributed by atoms with Crippen molar-refractivity contribution in [3.63, 3.8) is 0 Å². The number of alkyl halides is 5. The average molecular weight is 294 g/mol. The monoisotopic (exact) mass is 293 g/mol. The van der Waals surface area contributed by atoms with Crippen molar-refractivity contribution in [2.75, 3.05) is 0 Å². The highest BCUT2D eigenvalue weighted by Crippen LogP contribution is 2.35. The quantitative estimate of drug-likeness (QED) is 0.639. The molecule has 0 aliphatic rings. The second-order valence-corrected chi connectivity index (χ2v) is 3.94. The van der Waals surface area contributed by atoms with E-state index < -0.39 is 18.2 Å². The van der Waals surface area contributed by atoms with Crippen LogP contribution in [0.25, 0.3) is 5.69 Å². The van der Waals surface area contributed by atoms with Gasteiger partial charge in [-0.15, -0.1) is 21.8 Å². The minimum atomic E-state index is -4.40. The lowest BCUT2D eigenvalue weighted by Crippen LogP contribution is -2.28. The number of hydrogen-bond acceptors (Lipinski definition) is 2. The lowest BCUT2D eigenvalue weighted by Gasteiger charge is -2.16. The summed E-state index contributed by atoms with van der Waals surface area (Å²) in [5.41, 5.74) is 0.249. The van der Waals surface area contributed by atoms with E-state index in [2.05, 4.69) is 10.2 Å². The maximum absolute atomic E-state index is 13.5. The molecule has 0 saturated carbocycles. The third-order valence-corrected chi connectivity index (χ3v) is 2.68. The van der Waals surface area contributed by atoms with Gasteiger partial charge in [0.05, 0.1) is 5.88 Å². The van der Waals surface area contributed by atoms with Gasteiger partial charge in [0.1, 0.15) is 0 Å². The first-order chi connectivity index (χ1) is 8.98. The molecule has 0 bridgehead atoms. The van der Waals surface area contributed by atoms with Crippen LogP contribution in [0.3, 0.4) is 0 Å². The van der Waals surface area contributed by atoms with Gasteiger partial charge in [-0.3, -0.25) is 4.57 Å². The Morgan fingerprint density at radius 2 is 1.79 bits per heavy atom. The summed E-state index contributed by atoms with van der Waals surface area (Å²) < 4.78 is 52.6. The van der Waals surface area contributed by atoms with Crippen LogP contribution in [0.2, 0.25) is 0 Å². The number of halogens is 5. The Kier molecular flexibility index (Phi) is 3.75. The predicted octanol–water partition coefficient (Wildman–Crippen LogP) is 3.36. The topological polar surface area (TPSA) is 30.7 Å². The number of para-hydroxylation sites is 1. The van der Waals surface area contributed by atoms with Gasteiger partial charge in [0.2, 0.25) is 5.82 Å². The van der Waals surface area contributed by atoms with E-state index in [4.69, 9.17) is 11.6 Å². The molecule has 0 amide bonds. The number of benzene rings is 1. The molecule has 19 heavy (non-hydrogen) atoms. The zero-order valence-electron chi connectivity index (χ0n) is 9.40. The Balaban J connectivity index is 2.62. The molecule has 0 fully saturated rings. The molecule has 0 N–H and O–H groups in total. The molecule has 0 radical (unpaired) electrons. The molecule has 2 rings (SSSR count). The van der Waals surface area contributed by atoms with Crippen molar-refractivity contribution in [2.45, 2.75) is 18.2 Å². The van der Waals surface area contributed by atoms with Crippen molar-refractivity contribution in [1.82, 2.24) is 14.8 Å². The summed E-state index contributed by atoms with van der Waals surface area (Å²) in [4.78, 5) is 0. The SMILES string of the molecule is FC(F)C(F)(F)c1nnc(CCl)n1-c1ccccc1. The van der Waals surface area contributed by atoms with Crippen LogP contribution < -0.4 is 0 Å². The summed E-state index contributed by atoms with van der Waals surface area (Å²) in [6.07, 6.45) is -3.87. The van der Waals surface area contributed by atoms with Crippen LogP contribution in [0.4, 0.5) is 17.6 Å². The van der Waals surface area contributed by atoms with Gasteiger partial charge in [-0.2, -0.15) is 8.78 Å². The summed E-state index contributed by atoms with van der Waals surface area (Å²) in [6.45, 7) is 0. The maximum atomic E-state index is 13.5. The van der Waals surface area contributed by atoms with Crippen LogP contribution in [0.15, 0.2) is 30.3 Å². The Morgan fingerprint density at radius 3 is 2.32 bits per heavy atom. The highest BCUT2D eigenvalue weighted by atomic mass is 35.5. The number of nitrogens with zero attached hydrogens (tertiary/aromatic N) is 3. The van der Waals surface area contributed by atoms with Crippen molar-refractivity contribution in [3.05, 3.63) is 42.0 Å². The van der Waals surface area contributed by atoms with Crippen LogP contribution in [-0.4, -0.2) is 21.2 Å².